The van der Waals surface area contributed by atoms with Crippen LogP contribution in [0.15, 0.2) is 50.4 Å². The normalized spacial score (nSPS) is 16.9. The van der Waals surface area contributed by atoms with Crippen LogP contribution in [0, 0.1) is 0 Å². The molecule has 88 valence electrons. The number of Topliss-reactive ketones (excluding diaryl/α,β-unsaturated/α-hetero) is 1. The first-order valence-corrected chi connectivity index (χ1v) is 6.09. The summed E-state index contributed by atoms with van der Waals surface area (Å²) in [5.74, 6) is -0.110. The average molecular weight is 295 g/mol. The highest BCUT2D eigenvalue weighted by Crippen LogP contribution is 2.27. The third kappa shape index (κ3) is 2.79. The Kier molecular flexibility index (Phi) is 3.68. The molecule has 0 bridgehead atoms. The van der Waals surface area contributed by atoms with Crippen LogP contribution < -0.4 is 0 Å². The van der Waals surface area contributed by atoms with Crippen LogP contribution in [0.3, 0.4) is 0 Å². The fourth-order valence-electron chi connectivity index (χ4n) is 1.56. The summed E-state index contributed by atoms with van der Waals surface area (Å²) in [5, 5.41) is 17.4. The molecule has 0 saturated carbocycles. The Bertz CT molecular complexity index is 509. The highest BCUT2D eigenvalue weighted by Gasteiger charge is 2.20. The summed E-state index contributed by atoms with van der Waals surface area (Å²) in [6, 6.07) is 7.31. The largest absolute Gasteiger partial charge is 0.510 e. The predicted molar refractivity (Wildman–Crippen MR) is 67.2 cm³/mol. The zero-order valence-electron chi connectivity index (χ0n) is 9.06. The van der Waals surface area contributed by atoms with E-state index in [0.717, 1.165) is 4.47 Å². The molecular formula is C12H11BrN2O2. The van der Waals surface area contributed by atoms with Crippen LogP contribution in [0.1, 0.15) is 19.3 Å². The third-order valence-electron chi connectivity index (χ3n) is 2.47. The van der Waals surface area contributed by atoms with Crippen molar-refractivity contribution in [2.45, 2.75) is 19.3 Å². The molecule has 0 radical (unpaired) electrons. The van der Waals surface area contributed by atoms with Crippen molar-refractivity contribution in [3.63, 3.8) is 0 Å². The van der Waals surface area contributed by atoms with E-state index < -0.39 is 0 Å². The van der Waals surface area contributed by atoms with E-state index in [0.29, 0.717) is 24.9 Å². The highest BCUT2D eigenvalue weighted by atomic mass is 79.9. The Morgan fingerprint density at radius 1 is 1.18 bits per heavy atom. The molecule has 0 unspecified atom stereocenters. The van der Waals surface area contributed by atoms with E-state index in [4.69, 9.17) is 0 Å². The summed E-state index contributed by atoms with van der Waals surface area (Å²) in [4.78, 5) is 11.5. The monoisotopic (exact) mass is 294 g/mol. The van der Waals surface area contributed by atoms with Crippen molar-refractivity contribution in [1.82, 2.24) is 0 Å². The molecule has 0 amide bonds. The summed E-state index contributed by atoms with van der Waals surface area (Å²) >= 11 is 3.33. The molecule has 0 spiro atoms. The van der Waals surface area contributed by atoms with Crippen LogP contribution in [-0.4, -0.2) is 10.9 Å². The van der Waals surface area contributed by atoms with Crippen molar-refractivity contribution in [3.8, 4) is 0 Å². The lowest BCUT2D eigenvalue weighted by Crippen LogP contribution is -2.09. The van der Waals surface area contributed by atoms with Gasteiger partial charge in [-0.15, -0.1) is 10.2 Å². The van der Waals surface area contributed by atoms with Crippen LogP contribution in [-0.2, 0) is 4.79 Å². The first-order valence-electron chi connectivity index (χ1n) is 5.30. The molecule has 1 aromatic carbocycles. The van der Waals surface area contributed by atoms with Crippen molar-refractivity contribution >= 4 is 27.4 Å². The maximum absolute atomic E-state index is 11.5. The van der Waals surface area contributed by atoms with E-state index in [-0.39, 0.29) is 17.2 Å². The second-order valence-electron chi connectivity index (χ2n) is 3.72. The summed E-state index contributed by atoms with van der Waals surface area (Å²) in [7, 11) is 0. The van der Waals surface area contributed by atoms with Gasteiger partial charge in [-0.05, 0) is 34.5 Å². The van der Waals surface area contributed by atoms with E-state index in [1.165, 1.54) is 0 Å². The maximum atomic E-state index is 11.5. The molecule has 1 aromatic rings. The maximum Gasteiger partial charge on any atom is 0.186 e. The van der Waals surface area contributed by atoms with Gasteiger partial charge in [-0.25, -0.2) is 0 Å². The average Bonchev–Trinajstić information content (AvgIpc) is 2.30. The molecule has 5 heteroatoms. The number of carbonyl (C=O) groups excluding carboxylic acids is 1. The smallest absolute Gasteiger partial charge is 0.186 e. The minimum absolute atomic E-state index is 0.0389. The van der Waals surface area contributed by atoms with Gasteiger partial charge in [-0.3, -0.25) is 4.79 Å². The third-order valence-corrected chi connectivity index (χ3v) is 3.14. The van der Waals surface area contributed by atoms with E-state index in [9.17, 15) is 9.90 Å². The summed E-state index contributed by atoms with van der Waals surface area (Å²) in [6.45, 7) is 0. The number of allylic oxidation sites excluding steroid dienone is 2. The molecule has 1 N–H and O–H groups in total. The summed E-state index contributed by atoms with van der Waals surface area (Å²) < 4.78 is 0.798. The fourth-order valence-corrected chi connectivity index (χ4v) is 1.93. The van der Waals surface area contributed by atoms with Crippen LogP contribution in [0.2, 0.25) is 0 Å². The van der Waals surface area contributed by atoms with E-state index >= 15 is 0 Å². The molecule has 1 aliphatic carbocycles. The molecule has 4 nitrogen and oxygen atoms in total. The van der Waals surface area contributed by atoms with Crippen molar-refractivity contribution < 1.29 is 9.90 Å². The number of carbonyl (C=O) groups is 1. The molecule has 0 atom stereocenters. The van der Waals surface area contributed by atoms with Gasteiger partial charge in [0.2, 0.25) is 0 Å². The standard InChI is InChI=1S/C12H11BrN2O2/c13-8-4-1-2-5-9(8)14-15-12-10(16)6-3-7-11(12)17/h1-2,4-5,16H,3,6-7H2. The fraction of sp³-hybridized carbons (Fsp3) is 0.250. The Morgan fingerprint density at radius 3 is 2.65 bits per heavy atom. The van der Waals surface area contributed by atoms with Crippen molar-refractivity contribution in [1.29, 1.82) is 0 Å². The summed E-state index contributed by atoms with van der Waals surface area (Å²) in [6.07, 6.45) is 1.60. The lowest BCUT2D eigenvalue weighted by Gasteiger charge is -2.09. The first kappa shape index (κ1) is 12.0. The van der Waals surface area contributed by atoms with Gasteiger partial charge in [0.1, 0.15) is 5.76 Å². The molecular weight excluding hydrogens is 284 g/mol. The first-order chi connectivity index (χ1) is 8.18. The topological polar surface area (TPSA) is 62.0 Å². The molecule has 0 saturated heterocycles. The second-order valence-corrected chi connectivity index (χ2v) is 4.58. The van der Waals surface area contributed by atoms with Gasteiger partial charge >= 0.3 is 0 Å². The van der Waals surface area contributed by atoms with E-state index in [1.54, 1.807) is 6.07 Å². The highest BCUT2D eigenvalue weighted by molar-refractivity contribution is 9.10. The number of halogens is 1. The predicted octanol–water partition coefficient (Wildman–Crippen LogP) is 4.06. The van der Waals surface area contributed by atoms with Gasteiger partial charge in [0.05, 0.1) is 5.69 Å². The minimum Gasteiger partial charge on any atom is -0.510 e. The molecule has 0 heterocycles. The lowest BCUT2D eigenvalue weighted by atomic mass is 10.0. The van der Waals surface area contributed by atoms with Gasteiger partial charge in [-0.1, -0.05) is 12.1 Å². The SMILES string of the molecule is O=C1CCCC(O)=C1N=Nc1ccccc1Br. The van der Waals surface area contributed by atoms with Gasteiger partial charge in [0.15, 0.2) is 11.5 Å². The number of aliphatic hydroxyl groups excluding tert-OH is 1. The zero-order chi connectivity index (χ0) is 12.3. The Balaban J connectivity index is 2.27. The van der Waals surface area contributed by atoms with Gasteiger partial charge in [0, 0.05) is 17.3 Å². The molecule has 17 heavy (non-hydrogen) atoms. The van der Waals surface area contributed by atoms with Gasteiger partial charge < -0.3 is 5.11 Å². The number of aliphatic hydroxyl groups is 1. The van der Waals surface area contributed by atoms with Crippen molar-refractivity contribution in [2.75, 3.05) is 0 Å². The Labute approximate surface area is 107 Å². The van der Waals surface area contributed by atoms with Crippen LogP contribution >= 0.6 is 15.9 Å². The van der Waals surface area contributed by atoms with Crippen LogP contribution in [0.4, 0.5) is 5.69 Å². The van der Waals surface area contributed by atoms with Gasteiger partial charge in [0.25, 0.3) is 0 Å². The van der Waals surface area contributed by atoms with E-state index in [2.05, 4.69) is 26.2 Å². The molecule has 1 aliphatic rings. The number of hydrogen-bond donors (Lipinski definition) is 1. The molecule has 2 rings (SSSR count). The minimum atomic E-state index is -0.149. The lowest BCUT2D eigenvalue weighted by molar-refractivity contribution is -0.116. The quantitative estimate of drug-likeness (QED) is 0.836. The van der Waals surface area contributed by atoms with Crippen LogP contribution in [0.5, 0.6) is 0 Å². The number of ketones is 1. The molecule has 0 aromatic heterocycles. The van der Waals surface area contributed by atoms with Crippen molar-refractivity contribution in [3.05, 3.63) is 40.2 Å². The Morgan fingerprint density at radius 2 is 1.94 bits per heavy atom. The second kappa shape index (κ2) is 5.23. The van der Waals surface area contributed by atoms with E-state index in [1.807, 2.05) is 18.2 Å². The van der Waals surface area contributed by atoms with Crippen molar-refractivity contribution in [2.24, 2.45) is 10.2 Å². The number of hydrogen-bond acceptors (Lipinski definition) is 4. The summed E-state index contributed by atoms with van der Waals surface area (Å²) in [5.41, 5.74) is 0.721. The molecule has 0 aliphatic heterocycles. The zero-order valence-corrected chi connectivity index (χ0v) is 10.6. The number of azo groups is 1. The number of nitrogens with zero attached hydrogens (tertiary/aromatic N) is 2. The van der Waals surface area contributed by atoms with Gasteiger partial charge in [-0.2, -0.15) is 0 Å². The number of rotatable bonds is 2. The number of benzene rings is 1. The molecule has 0 fully saturated rings. The Hall–Kier alpha value is -1.49. The van der Waals surface area contributed by atoms with Crippen LogP contribution in [0.25, 0.3) is 0 Å².